The molecule has 1 spiro atoms. The van der Waals surface area contributed by atoms with Gasteiger partial charge < -0.3 is 20.1 Å². The number of benzene rings is 3. The van der Waals surface area contributed by atoms with E-state index in [0.29, 0.717) is 53.3 Å². The number of carbonyl (C=O) groups excluding carboxylic acids is 3. The summed E-state index contributed by atoms with van der Waals surface area (Å²) >= 11 is 6.25. The van der Waals surface area contributed by atoms with Gasteiger partial charge in [0.05, 0.1) is 12.2 Å². The predicted molar refractivity (Wildman–Crippen MR) is 153 cm³/mol. The van der Waals surface area contributed by atoms with Crippen LogP contribution in [0.4, 0.5) is 21.0 Å². The third-order valence-electron chi connectivity index (χ3n) is 7.51. The van der Waals surface area contributed by atoms with E-state index in [1.807, 2.05) is 30.3 Å². The van der Waals surface area contributed by atoms with Crippen molar-refractivity contribution < 1.29 is 29.0 Å². The van der Waals surface area contributed by atoms with Gasteiger partial charge in [-0.15, -0.1) is 0 Å². The Bertz CT molecular complexity index is 1480. The molecule has 0 aliphatic carbocycles. The molecular weight excluding hydrogens is 548 g/mol. The molecule has 11 heteroatoms. The van der Waals surface area contributed by atoms with Crippen molar-refractivity contribution in [2.75, 3.05) is 30.4 Å². The first-order chi connectivity index (χ1) is 19.6. The number of carbonyl (C=O) groups is 4. The third-order valence-corrected chi connectivity index (χ3v) is 7.75. The molecule has 1 fully saturated rings. The molecule has 5 rings (SSSR count). The number of anilines is 2. The summed E-state index contributed by atoms with van der Waals surface area (Å²) in [7, 11) is 1.41. The highest BCUT2D eigenvalue weighted by Gasteiger charge is 2.49. The number of nitrogens with zero attached hydrogens (tertiary/aromatic N) is 2. The minimum absolute atomic E-state index is 0.126. The summed E-state index contributed by atoms with van der Waals surface area (Å²) in [5, 5.41) is 15.2. The number of hydrogen-bond acceptors (Lipinski definition) is 5. The molecule has 3 N–H and O–H groups in total. The summed E-state index contributed by atoms with van der Waals surface area (Å²) < 4.78 is 5.77. The molecule has 4 amide bonds. The SMILES string of the molecule is CN(C(=O)O)c1ccc(C(=O)N[C@@H](CCc2ccccc2)C(=O)N2CCC3(C2)OC(=O)Nc2ccc(Cl)cc23)cc1. The molecule has 3 aromatic carbocycles. The van der Waals surface area contributed by atoms with Gasteiger partial charge in [0.1, 0.15) is 6.04 Å². The van der Waals surface area contributed by atoms with Gasteiger partial charge in [0.15, 0.2) is 5.60 Å². The van der Waals surface area contributed by atoms with E-state index in [4.69, 9.17) is 16.3 Å². The normalized spacial score (nSPS) is 18.2. The zero-order valence-electron chi connectivity index (χ0n) is 22.3. The zero-order valence-corrected chi connectivity index (χ0v) is 23.1. The molecule has 0 aromatic heterocycles. The van der Waals surface area contributed by atoms with E-state index in [9.17, 15) is 24.3 Å². The van der Waals surface area contributed by atoms with E-state index in [1.165, 1.54) is 31.3 Å². The summed E-state index contributed by atoms with van der Waals surface area (Å²) in [6, 6.07) is 20.0. The van der Waals surface area contributed by atoms with Gasteiger partial charge in [-0.05, 0) is 60.9 Å². The van der Waals surface area contributed by atoms with Crippen molar-refractivity contribution in [2.24, 2.45) is 0 Å². The molecule has 0 bridgehead atoms. The second kappa shape index (κ2) is 11.5. The number of halogens is 1. The van der Waals surface area contributed by atoms with Crippen molar-refractivity contribution in [1.82, 2.24) is 10.2 Å². The quantitative estimate of drug-likeness (QED) is 0.368. The van der Waals surface area contributed by atoms with Crippen molar-refractivity contribution in [3.05, 3.63) is 94.5 Å². The van der Waals surface area contributed by atoms with Gasteiger partial charge in [0.2, 0.25) is 5.91 Å². The number of hydrogen-bond donors (Lipinski definition) is 3. The average molecular weight is 577 g/mol. The second-order valence-corrected chi connectivity index (χ2v) is 10.6. The number of ether oxygens (including phenoxy) is 1. The number of amides is 4. The minimum Gasteiger partial charge on any atom is -0.465 e. The van der Waals surface area contributed by atoms with Gasteiger partial charge in [-0.2, -0.15) is 0 Å². The first kappa shape index (κ1) is 28.0. The number of likely N-dealkylation sites (tertiary alicyclic amines) is 1. The molecule has 41 heavy (non-hydrogen) atoms. The standard InChI is InChI=1S/C30H29ClN4O6/c1-34(29(39)40)22-11-8-20(9-12-22)26(36)32-25(13-7-19-5-3-2-4-6-19)27(37)35-16-15-30(18-35)23-17-21(31)10-14-24(23)33-28(38)41-30/h2-6,8-12,14,17,25H,7,13,15-16,18H2,1H3,(H,32,36)(H,33,38)(H,39,40)/t25-,30?/m0/s1. The fourth-order valence-corrected chi connectivity index (χ4v) is 5.44. The lowest BCUT2D eigenvalue weighted by Crippen LogP contribution is -2.50. The number of fused-ring (bicyclic) bond motifs is 2. The first-order valence-electron chi connectivity index (χ1n) is 13.2. The lowest BCUT2D eigenvalue weighted by Gasteiger charge is -2.35. The Morgan fingerprint density at radius 2 is 1.85 bits per heavy atom. The molecule has 10 nitrogen and oxygen atoms in total. The molecule has 1 unspecified atom stereocenters. The van der Waals surface area contributed by atoms with E-state index < -0.39 is 29.7 Å². The average Bonchev–Trinajstić information content (AvgIpc) is 3.39. The van der Waals surface area contributed by atoms with Crippen molar-refractivity contribution >= 4 is 47.0 Å². The van der Waals surface area contributed by atoms with Crippen LogP contribution < -0.4 is 15.5 Å². The minimum atomic E-state index is -1.12. The van der Waals surface area contributed by atoms with Crippen LogP contribution in [0.15, 0.2) is 72.8 Å². The Labute approximate surface area is 241 Å². The van der Waals surface area contributed by atoms with Gasteiger partial charge in [0, 0.05) is 41.9 Å². The summed E-state index contributed by atoms with van der Waals surface area (Å²) in [6.45, 7) is 0.451. The first-order valence-corrected chi connectivity index (χ1v) is 13.5. The number of rotatable bonds is 7. The number of nitrogens with one attached hydrogen (secondary N) is 2. The molecule has 212 valence electrons. The summed E-state index contributed by atoms with van der Waals surface area (Å²) in [4.78, 5) is 53.4. The van der Waals surface area contributed by atoms with Gasteiger partial charge in [-0.25, -0.2) is 9.59 Å². The Morgan fingerprint density at radius 3 is 2.56 bits per heavy atom. The highest BCUT2D eigenvalue weighted by molar-refractivity contribution is 6.30. The molecule has 2 heterocycles. The van der Waals surface area contributed by atoms with Crippen molar-refractivity contribution in [3.8, 4) is 0 Å². The molecule has 3 aromatic rings. The van der Waals surface area contributed by atoms with Crippen LogP contribution in [0.3, 0.4) is 0 Å². The summed E-state index contributed by atoms with van der Waals surface area (Å²) in [5.74, 6) is -0.744. The van der Waals surface area contributed by atoms with Crippen molar-refractivity contribution in [1.29, 1.82) is 0 Å². The van der Waals surface area contributed by atoms with Crippen LogP contribution in [-0.2, 0) is 21.6 Å². The maximum absolute atomic E-state index is 13.9. The van der Waals surface area contributed by atoms with Crippen LogP contribution in [0, 0.1) is 0 Å². The summed E-state index contributed by atoms with van der Waals surface area (Å²) in [6.07, 6.45) is -0.434. The predicted octanol–water partition coefficient (Wildman–Crippen LogP) is 4.88. The van der Waals surface area contributed by atoms with Crippen molar-refractivity contribution in [2.45, 2.75) is 30.9 Å². The fraction of sp³-hybridized carbons (Fsp3) is 0.267. The molecule has 1 saturated heterocycles. The van der Waals surface area contributed by atoms with Gasteiger partial charge in [-0.1, -0.05) is 41.9 Å². The van der Waals surface area contributed by atoms with Crippen LogP contribution in [0.2, 0.25) is 5.02 Å². The van der Waals surface area contributed by atoms with E-state index >= 15 is 0 Å². The van der Waals surface area contributed by atoms with Crippen LogP contribution in [0.1, 0.15) is 34.3 Å². The lowest BCUT2D eigenvalue weighted by molar-refractivity contribution is -0.133. The molecule has 0 saturated carbocycles. The lowest BCUT2D eigenvalue weighted by atomic mass is 9.90. The highest BCUT2D eigenvalue weighted by atomic mass is 35.5. The Hall–Kier alpha value is -4.57. The monoisotopic (exact) mass is 576 g/mol. The highest BCUT2D eigenvalue weighted by Crippen LogP contribution is 2.44. The fourth-order valence-electron chi connectivity index (χ4n) is 5.27. The number of carboxylic acid groups (broad SMARTS) is 1. The molecule has 2 aliphatic heterocycles. The largest absolute Gasteiger partial charge is 0.465 e. The smallest absolute Gasteiger partial charge is 0.412 e. The third kappa shape index (κ3) is 5.97. The van der Waals surface area contributed by atoms with E-state index in [2.05, 4.69) is 10.6 Å². The molecular formula is C30H29ClN4O6. The Balaban J connectivity index is 1.36. The zero-order chi connectivity index (χ0) is 29.1. The summed E-state index contributed by atoms with van der Waals surface area (Å²) in [5.41, 5.74) is 1.97. The van der Waals surface area contributed by atoms with Gasteiger partial charge >= 0.3 is 12.2 Å². The van der Waals surface area contributed by atoms with Gasteiger partial charge in [-0.3, -0.25) is 19.8 Å². The number of aryl methyl sites for hydroxylation is 1. The molecule has 0 radical (unpaired) electrons. The van der Waals surface area contributed by atoms with Gasteiger partial charge in [0.25, 0.3) is 5.91 Å². The maximum Gasteiger partial charge on any atom is 0.412 e. The van der Waals surface area contributed by atoms with E-state index in [1.54, 1.807) is 23.1 Å². The van der Waals surface area contributed by atoms with E-state index in [0.717, 1.165) is 10.5 Å². The van der Waals surface area contributed by atoms with E-state index in [-0.39, 0.29) is 12.5 Å². The molecule has 2 atom stereocenters. The Morgan fingerprint density at radius 1 is 1.12 bits per heavy atom. The molecule has 2 aliphatic rings. The van der Waals surface area contributed by atoms with Crippen LogP contribution >= 0.6 is 11.6 Å². The Kier molecular flexibility index (Phi) is 7.85. The van der Waals surface area contributed by atoms with Crippen molar-refractivity contribution in [3.63, 3.8) is 0 Å². The second-order valence-electron chi connectivity index (χ2n) is 10.1. The van der Waals surface area contributed by atoms with Crippen LogP contribution in [-0.4, -0.2) is 60.2 Å². The topological polar surface area (TPSA) is 128 Å². The van der Waals surface area contributed by atoms with Crippen LogP contribution in [0.5, 0.6) is 0 Å². The maximum atomic E-state index is 13.9. The van der Waals surface area contributed by atoms with Crippen LogP contribution in [0.25, 0.3) is 0 Å².